The number of aliphatic hydroxyl groups is 1. The zero-order chi connectivity index (χ0) is 13.8. The fourth-order valence-corrected chi connectivity index (χ4v) is 2.89. The molecule has 0 unspecified atom stereocenters. The number of nitrogens with one attached hydrogen (secondary N) is 1. The molecule has 0 saturated carbocycles. The minimum Gasteiger partial charge on any atom is -0.495 e. The molecule has 2 rings (SSSR count). The van der Waals surface area contributed by atoms with Gasteiger partial charge in [-0.2, -0.15) is 0 Å². The third-order valence-corrected chi connectivity index (χ3v) is 3.75. The van der Waals surface area contributed by atoms with Gasteiger partial charge >= 0.3 is 0 Å². The third-order valence-electron chi connectivity index (χ3n) is 3.25. The van der Waals surface area contributed by atoms with Crippen molar-refractivity contribution < 1.29 is 9.84 Å². The Kier molecular flexibility index (Phi) is 5.11. The largest absolute Gasteiger partial charge is 0.495 e. The molecule has 0 heterocycles. The van der Waals surface area contributed by atoms with Crippen molar-refractivity contribution in [3.8, 4) is 5.75 Å². The van der Waals surface area contributed by atoms with Gasteiger partial charge in [0, 0.05) is 35.7 Å². The summed E-state index contributed by atoms with van der Waals surface area (Å²) >= 11 is 12.1. The van der Waals surface area contributed by atoms with Crippen LogP contribution in [0.5, 0.6) is 5.75 Å². The first kappa shape index (κ1) is 14.7. The number of hydrogen-bond donors (Lipinski definition) is 2. The van der Waals surface area contributed by atoms with Crippen LogP contribution < -0.4 is 10.1 Å². The molecule has 2 atom stereocenters. The fourth-order valence-electron chi connectivity index (χ4n) is 2.28. The van der Waals surface area contributed by atoms with E-state index in [0.29, 0.717) is 22.3 Å². The molecular weight excluding hydrogens is 285 g/mol. The van der Waals surface area contributed by atoms with Gasteiger partial charge in [-0.05, 0) is 18.6 Å². The fraction of sp³-hybridized carbons (Fsp3) is 0.429. The van der Waals surface area contributed by atoms with Crippen LogP contribution in [0.3, 0.4) is 0 Å². The molecular formula is C14H17Cl2NO2. The molecule has 0 bridgehead atoms. The zero-order valence-corrected chi connectivity index (χ0v) is 12.2. The highest BCUT2D eigenvalue weighted by atomic mass is 35.5. The quantitative estimate of drug-likeness (QED) is 0.822. The summed E-state index contributed by atoms with van der Waals surface area (Å²) in [7, 11) is 1.59. The predicted octanol–water partition coefficient (Wildman–Crippen LogP) is 3.03. The lowest BCUT2D eigenvalue weighted by Crippen LogP contribution is -2.26. The molecule has 0 fully saturated rings. The van der Waals surface area contributed by atoms with Crippen molar-refractivity contribution in [2.24, 2.45) is 5.92 Å². The van der Waals surface area contributed by atoms with Gasteiger partial charge in [0.15, 0.2) is 0 Å². The van der Waals surface area contributed by atoms with Crippen LogP contribution in [0.4, 0.5) is 0 Å². The number of methoxy groups -OCH3 is 1. The molecule has 0 spiro atoms. The predicted molar refractivity (Wildman–Crippen MR) is 78.0 cm³/mol. The molecule has 0 aromatic heterocycles. The van der Waals surface area contributed by atoms with Crippen LogP contribution >= 0.6 is 23.2 Å². The van der Waals surface area contributed by atoms with E-state index in [1.165, 1.54) is 0 Å². The number of ether oxygens (including phenoxy) is 1. The van der Waals surface area contributed by atoms with Crippen molar-refractivity contribution >= 4 is 23.2 Å². The maximum Gasteiger partial charge on any atom is 0.142 e. The highest BCUT2D eigenvalue weighted by Gasteiger charge is 2.18. The van der Waals surface area contributed by atoms with Crippen molar-refractivity contribution in [3.05, 3.63) is 39.9 Å². The lowest BCUT2D eigenvalue weighted by molar-refractivity contribution is 0.246. The standard InChI is InChI=1S/C14H17Cl2NO2/c1-19-14-10(5-11(15)6-13(14)16)7-17-12-3-2-9(4-12)8-18/h2-3,5-6,9,12,17-18H,4,7-8H2,1H3/t9-,12+/m0/s1. The highest BCUT2D eigenvalue weighted by molar-refractivity contribution is 6.35. The van der Waals surface area contributed by atoms with Gasteiger partial charge in [0.05, 0.1) is 12.1 Å². The van der Waals surface area contributed by atoms with E-state index < -0.39 is 0 Å². The molecule has 1 aromatic rings. The first-order valence-electron chi connectivity index (χ1n) is 6.18. The van der Waals surface area contributed by atoms with E-state index in [9.17, 15) is 0 Å². The minimum absolute atomic E-state index is 0.195. The summed E-state index contributed by atoms with van der Waals surface area (Å²) < 4.78 is 5.30. The van der Waals surface area contributed by atoms with Gasteiger partial charge in [0.25, 0.3) is 0 Å². The van der Waals surface area contributed by atoms with E-state index in [1.807, 2.05) is 12.1 Å². The van der Waals surface area contributed by atoms with Crippen LogP contribution in [0.2, 0.25) is 10.0 Å². The molecule has 0 saturated heterocycles. The molecule has 19 heavy (non-hydrogen) atoms. The van der Waals surface area contributed by atoms with Crippen LogP contribution in [-0.2, 0) is 6.54 Å². The van der Waals surface area contributed by atoms with Gasteiger partial charge in [-0.3, -0.25) is 0 Å². The number of rotatable bonds is 5. The molecule has 1 aliphatic rings. The van der Waals surface area contributed by atoms with Gasteiger partial charge in [0.1, 0.15) is 5.75 Å². The molecule has 104 valence electrons. The van der Waals surface area contributed by atoms with E-state index >= 15 is 0 Å². The zero-order valence-electron chi connectivity index (χ0n) is 10.7. The number of hydrogen-bond acceptors (Lipinski definition) is 3. The molecule has 3 nitrogen and oxygen atoms in total. The summed E-state index contributed by atoms with van der Waals surface area (Å²) in [6, 6.07) is 3.78. The minimum atomic E-state index is 0.195. The Morgan fingerprint density at radius 1 is 1.37 bits per heavy atom. The van der Waals surface area contributed by atoms with E-state index in [4.69, 9.17) is 33.0 Å². The van der Waals surface area contributed by atoms with Crippen molar-refractivity contribution in [1.29, 1.82) is 0 Å². The first-order chi connectivity index (χ1) is 9.13. The first-order valence-corrected chi connectivity index (χ1v) is 6.94. The maximum absolute atomic E-state index is 9.09. The van der Waals surface area contributed by atoms with Crippen LogP contribution in [0.1, 0.15) is 12.0 Å². The van der Waals surface area contributed by atoms with Crippen molar-refractivity contribution in [3.63, 3.8) is 0 Å². The van der Waals surface area contributed by atoms with Crippen molar-refractivity contribution in [1.82, 2.24) is 5.32 Å². The summed E-state index contributed by atoms with van der Waals surface area (Å²) in [4.78, 5) is 0. The summed E-state index contributed by atoms with van der Waals surface area (Å²) in [6.45, 7) is 0.817. The molecule has 0 radical (unpaired) electrons. The Hall–Kier alpha value is -0.740. The Balaban J connectivity index is 2.02. The summed E-state index contributed by atoms with van der Waals surface area (Å²) in [5.41, 5.74) is 0.931. The molecule has 0 amide bonds. The van der Waals surface area contributed by atoms with Crippen molar-refractivity contribution in [2.45, 2.75) is 19.0 Å². The van der Waals surface area contributed by atoms with Gasteiger partial charge < -0.3 is 15.2 Å². The second-order valence-corrected chi connectivity index (χ2v) is 5.47. The normalized spacial score (nSPS) is 21.9. The monoisotopic (exact) mass is 301 g/mol. The van der Waals surface area contributed by atoms with Crippen LogP contribution in [0.15, 0.2) is 24.3 Å². The SMILES string of the molecule is COc1c(Cl)cc(Cl)cc1CN[C@@H]1C=C[C@H](CO)C1. The maximum atomic E-state index is 9.09. The van der Waals surface area contributed by atoms with Crippen LogP contribution in [-0.4, -0.2) is 24.9 Å². The van der Waals surface area contributed by atoms with Crippen LogP contribution in [0, 0.1) is 5.92 Å². The smallest absolute Gasteiger partial charge is 0.142 e. The summed E-state index contributed by atoms with van der Waals surface area (Å²) in [5.74, 6) is 0.904. The van der Waals surface area contributed by atoms with E-state index in [2.05, 4.69) is 11.4 Å². The van der Waals surface area contributed by atoms with Gasteiger partial charge in [-0.15, -0.1) is 0 Å². The Labute approximate surface area is 123 Å². The molecule has 1 aromatic carbocycles. The second kappa shape index (κ2) is 6.62. The molecule has 1 aliphatic carbocycles. The van der Waals surface area contributed by atoms with E-state index in [-0.39, 0.29) is 18.6 Å². The van der Waals surface area contributed by atoms with Crippen molar-refractivity contribution in [2.75, 3.05) is 13.7 Å². The molecule has 5 heteroatoms. The van der Waals surface area contributed by atoms with Gasteiger partial charge in [0.2, 0.25) is 0 Å². The average molecular weight is 302 g/mol. The average Bonchev–Trinajstić information content (AvgIpc) is 2.83. The Morgan fingerprint density at radius 2 is 2.16 bits per heavy atom. The van der Waals surface area contributed by atoms with E-state index in [1.54, 1.807) is 13.2 Å². The highest BCUT2D eigenvalue weighted by Crippen LogP contribution is 2.32. The topological polar surface area (TPSA) is 41.5 Å². The molecule has 2 N–H and O–H groups in total. The molecule has 0 aliphatic heterocycles. The van der Waals surface area contributed by atoms with Gasteiger partial charge in [-0.25, -0.2) is 0 Å². The second-order valence-electron chi connectivity index (χ2n) is 4.63. The lowest BCUT2D eigenvalue weighted by Gasteiger charge is -2.15. The Bertz CT molecular complexity index is 477. The summed E-state index contributed by atoms with van der Waals surface area (Å²) in [5, 5.41) is 13.6. The third kappa shape index (κ3) is 3.63. The van der Waals surface area contributed by atoms with Gasteiger partial charge in [-0.1, -0.05) is 35.4 Å². The Morgan fingerprint density at radius 3 is 2.79 bits per heavy atom. The van der Waals surface area contributed by atoms with E-state index in [0.717, 1.165) is 12.0 Å². The lowest BCUT2D eigenvalue weighted by atomic mass is 10.1. The number of benzene rings is 1. The number of halogens is 2. The summed E-state index contributed by atoms with van der Waals surface area (Å²) in [6.07, 6.45) is 5.03. The van der Waals surface area contributed by atoms with Crippen LogP contribution in [0.25, 0.3) is 0 Å². The number of aliphatic hydroxyl groups excluding tert-OH is 1.